The fraction of sp³-hybridized carbons (Fsp3) is 0.500. The van der Waals surface area contributed by atoms with Crippen molar-refractivity contribution in [3.63, 3.8) is 0 Å². The molecule has 36 heavy (non-hydrogen) atoms. The second-order valence-electron chi connectivity index (χ2n) is 10.5. The summed E-state index contributed by atoms with van der Waals surface area (Å²) in [5.74, 6) is -0.153. The van der Waals surface area contributed by atoms with Crippen LogP contribution in [0.25, 0.3) is 0 Å². The fourth-order valence-electron chi connectivity index (χ4n) is 4.28. The zero-order chi connectivity index (χ0) is 26.7. The van der Waals surface area contributed by atoms with Crippen molar-refractivity contribution in [3.8, 4) is 11.5 Å². The van der Waals surface area contributed by atoms with E-state index in [4.69, 9.17) is 9.47 Å². The normalized spacial score (nSPS) is 18.2. The standard InChI is InChI=1S/C26H36N2O7Si/c1-26(2,36(4,5)33)12-11-19-13-20(29)16-27(19)25(30)21-14-23(34-3)24(15-22(21)28(31)32)35-17-18-9-7-6-8-10-18/h6-10,14-15,19-20,29,33H,11-13,16-17H2,1-5H3/t19-,20-/m1/s1. The Labute approximate surface area is 212 Å². The summed E-state index contributed by atoms with van der Waals surface area (Å²) in [7, 11) is -1.04. The Bertz CT molecular complexity index is 1090. The zero-order valence-electron chi connectivity index (χ0n) is 21.6. The first-order chi connectivity index (χ1) is 16.8. The van der Waals surface area contributed by atoms with Crippen LogP contribution in [0.15, 0.2) is 42.5 Å². The number of nitrogens with zero attached hydrogens (tertiary/aromatic N) is 2. The zero-order valence-corrected chi connectivity index (χ0v) is 22.6. The molecular weight excluding hydrogens is 480 g/mol. The summed E-state index contributed by atoms with van der Waals surface area (Å²) in [6.07, 6.45) is 0.923. The molecule has 0 unspecified atom stereocenters. The third-order valence-corrected chi connectivity index (χ3v) is 10.9. The van der Waals surface area contributed by atoms with Crippen molar-refractivity contribution >= 4 is 19.9 Å². The van der Waals surface area contributed by atoms with Gasteiger partial charge >= 0.3 is 0 Å². The van der Waals surface area contributed by atoms with Crippen molar-refractivity contribution in [2.45, 2.75) is 70.0 Å². The molecule has 10 heteroatoms. The SMILES string of the molecule is COc1cc(C(=O)N2C[C@H](O)C[C@H]2CCC(C)(C)[Si](C)(C)O)c([N+](=O)[O-])cc1OCc1ccccc1. The number of aliphatic hydroxyl groups excluding tert-OH is 1. The average Bonchev–Trinajstić information content (AvgIpc) is 3.20. The maximum Gasteiger partial charge on any atom is 0.286 e. The monoisotopic (exact) mass is 516 g/mol. The molecule has 196 valence electrons. The van der Waals surface area contributed by atoms with Gasteiger partial charge in [-0.05, 0) is 43.0 Å². The largest absolute Gasteiger partial charge is 0.493 e. The van der Waals surface area contributed by atoms with Crippen molar-refractivity contribution in [1.82, 2.24) is 4.90 Å². The molecule has 2 N–H and O–H groups in total. The van der Waals surface area contributed by atoms with Gasteiger partial charge in [0.05, 0.1) is 24.2 Å². The maximum atomic E-state index is 13.6. The molecule has 0 radical (unpaired) electrons. The number of β-amino-alcohol motifs (C(OH)–C–C–N with tert-alkyl or cyclic N) is 1. The number of carbonyl (C=O) groups is 1. The lowest BCUT2D eigenvalue weighted by Gasteiger charge is -2.36. The molecule has 0 aromatic heterocycles. The van der Waals surface area contributed by atoms with E-state index in [-0.39, 0.29) is 47.0 Å². The van der Waals surface area contributed by atoms with Gasteiger partial charge in [0.1, 0.15) is 12.2 Å². The molecule has 0 spiro atoms. The van der Waals surface area contributed by atoms with E-state index in [0.717, 1.165) is 5.56 Å². The summed E-state index contributed by atoms with van der Waals surface area (Å²) in [4.78, 5) is 37.1. The van der Waals surface area contributed by atoms with Gasteiger partial charge < -0.3 is 24.3 Å². The second-order valence-corrected chi connectivity index (χ2v) is 15.0. The van der Waals surface area contributed by atoms with E-state index in [9.17, 15) is 24.8 Å². The second kappa shape index (κ2) is 11.0. The van der Waals surface area contributed by atoms with E-state index in [1.165, 1.54) is 24.1 Å². The molecule has 3 rings (SSSR count). The topological polar surface area (TPSA) is 122 Å². The Hall–Kier alpha value is -2.95. The average molecular weight is 517 g/mol. The smallest absolute Gasteiger partial charge is 0.286 e. The van der Waals surface area contributed by atoms with E-state index in [1.54, 1.807) is 0 Å². The number of methoxy groups -OCH3 is 1. The van der Waals surface area contributed by atoms with Crippen LogP contribution in [0.3, 0.4) is 0 Å². The molecule has 1 aliphatic heterocycles. The number of carbonyl (C=O) groups excluding carboxylic acids is 1. The van der Waals surface area contributed by atoms with E-state index in [0.29, 0.717) is 19.3 Å². The minimum absolute atomic E-state index is 0.0929. The first-order valence-corrected chi connectivity index (χ1v) is 15.0. The predicted molar refractivity (Wildman–Crippen MR) is 139 cm³/mol. The van der Waals surface area contributed by atoms with Gasteiger partial charge in [-0.15, -0.1) is 0 Å². The third kappa shape index (κ3) is 6.24. The summed E-state index contributed by atoms with van der Waals surface area (Å²) in [6.45, 7) is 8.08. The highest BCUT2D eigenvalue weighted by Crippen LogP contribution is 2.42. The van der Waals surface area contributed by atoms with Crippen LogP contribution in [0.1, 0.15) is 49.0 Å². The van der Waals surface area contributed by atoms with Crippen LogP contribution in [0.5, 0.6) is 11.5 Å². The number of amides is 1. The minimum Gasteiger partial charge on any atom is -0.493 e. The third-order valence-electron chi connectivity index (χ3n) is 7.36. The Morgan fingerprint density at radius 3 is 2.47 bits per heavy atom. The van der Waals surface area contributed by atoms with Crippen molar-refractivity contribution in [2.75, 3.05) is 13.7 Å². The van der Waals surface area contributed by atoms with Crippen LogP contribution in [0, 0.1) is 10.1 Å². The van der Waals surface area contributed by atoms with Crippen molar-refractivity contribution in [1.29, 1.82) is 0 Å². The quantitative estimate of drug-likeness (QED) is 0.270. The molecule has 1 heterocycles. The Morgan fingerprint density at radius 1 is 1.22 bits per heavy atom. The number of likely N-dealkylation sites (tertiary alicyclic amines) is 1. The summed E-state index contributed by atoms with van der Waals surface area (Å²) >= 11 is 0. The summed E-state index contributed by atoms with van der Waals surface area (Å²) < 4.78 is 11.2. The lowest BCUT2D eigenvalue weighted by molar-refractivity contribution is -0.385. The highest BCUT2D eigenvalue weighted by atomic mass is 28.4. The van der Waals surface area contributed by atoms with Gasteiger partial charge in [0.25, 0.3) is 11.6 Å². The van der Waals surface area contributed by atoms with Crippen LogP contribution in [0.2, 0.25) is 18.1 Å². The molecule has 2 atom stereocenters. The molecule has 0 saturated carbocycles. The number of nitro groups is 1. The highest BCUT2D eigenvalue weighted by molar-refractivity contribution is 6.72. The number of nitro benzene ring substituents is 1. The first-order valence-electron chi connectivity index (χ1n) is 12.1. The highest BCUT2D eigenvalue weighted by Gasteiger charge is 2.42. The number of ether oxygens (including phenoxy) is 2. The molecule has 0 aliphatic carbocycles. The lowest BCUT2D eigenvalue weighted by atomic mass is 9.99. The summed E-state index contributed by atoms with van der Waals surface area (Å²) in [5.41, 5.74) is 0.390. The van der Waals surface area contributed by atoms with Crippen LogP contribution in [0.4, 0.5) is 5.69 Å². The molecule has 1 fully saturated rings. The van der Waals surface area contributed by atoms with E-state index >= 15 is 0 Å². The van der Waals surface area contributed by atoms with Crippen LogP contribution >= 0.6 is 0 Å². The number of hydrogen-bond acceptors (Lipinski definition) is 7. The number of benzene rings is 2. The van der Waals surface area contributed by atoms with Gasteiger partial charge in [-0.3, -0.25) is 14.9 Å². The number of aliphatic hydroxyl groups is 1. The van der Waals surface area contributed by atoms with E-state index in [2.05, 4.69) is 0 Å². The maximum absolute atomic E-state index is 13.6. The van der Waals surface area contributed by atoms with Gasteiger partial charge in [-0.1, -0.05) is 44.2 Å². The minimum atomic E-state index is -2.45. The van der Waals surface area contributed by atoms with Crippen LogP contribution in [-0.4, -0.2) is 59.8 Å². The Morgan fingerprint density at radius 2 is 1.89 bits per heavy atom. The van der Waals surface area contributed by atoms with Gasteiger partial charge in [0.15, 0.2) is 19.8 Å². The molecule has 2 aromatic carbocycles. The predicted octanol–water partition coefficient (Wildman–Crippen LogP) is 4.52. The molecule has 1 aliphatic rings. The van der Waals surface area contributed by atoms with E-state index < -0.39 is 25.3 Å². The van der Waals surface area contributed by atoms with Gasteiger partial charge in [0.2, 0.25) is 0 Å². The van der Waals surface area contributed by atoms with Gasteiger partial charge in [-0.25, -0.2) is 0 Å². The number of rotatable bonds is 10. The first kappa shape index (κ1) is 27.6. The van der Waals surface area contributed by atoms with E-state index in [1.807, 2.05) is 57.3 Å². The number of hydrogen-bond donors (Lipinski definition) is 2. The summed E-state index contributed by atoms with van der Waals surface area (Å²) in [5, 5.41) is 22.0. The molecule has 1 saturated heterocycles. The van der Waals surface area contributed by atoms with Crippen LogP contribution < -0.4 is 9.47 Å². The van der Waals surface area contributed by atoms with Crippen molar-refractivity contribution in [2.24, 2.45) is 0 Å². The van der Waals surface area contributed by atoms with Gasteiger partial charge in [0, 0.05) is 18.7 Å². The van der Waals surface area contributed by atoms with Crippen molar-refractivity contribution < 1.29 is 29.1 Å². The van der Waals surface area contributed by atoms with Gasteiger partial charge in [-0.2, -0.15) is 0 Å². The molecule has 2 aromatic rings. The van der Waals surface area contributed by atoms with Crippen LogP contribution in [-0.2, 0) is 6.61 Å². The molecular formula is C26H36N2O7Si. The fourth-order valence-corrected chi connectivity index (χ4v) is 5.04. The molecule has 9 nitrogen and oxygen atoms in total. The lowest BCUT2D eigenvalue weighted by Crippen LogP contribution is -2.41. The van der Waals surface area contributed by atoms with Crippen molar-refractivity contribution in [3.05, 3.63) is 63.7 Å². The summed E-state index contributed by atoms with van der Waals surface area (Å²) in [6, 6.07) is 11.6. The molecule has 1 amide bonds. The Balaban J connectivity index is 1.87. The Kier molecular flexibility index (Phi) is 8.43. The molecule has 0 bridgehead atoms.